The Morgan fingerprint density at radius 3 is 2.18 bits per heavy atom. The van der Waals surface area contributed by atoms with E-state index in [0.717, 1.165) is 10.0 Å². The minimum atomic E-state index is 0.479. The molecule has 0 aliphatic rings. The van der Waals surface area contributed by atoms with Gasteiger partial charge in [-0.25, -0.2) is 0 Å². The van der Waals surface area contributed by atoms with Gasteiger partial charge >= 0.3 is 0 Å². The third-order valence-corrected chi connectivity index (χ3v) is 2.67. The zero-order valence-electron chi connectivity index (χ0n) is 9.48. The summed E-state index contributed by atoms with van der Waals surface area (Å²) in [6, 6.07) is 9.38. The number of benzene rings is 1. The Bertz CT molecular complexity index is 509. The van der Waals surface area contributed by atoms with Crippen LogP contribution in [0.3, 0.4) is 0 Å². The molecule has 0 unspecified atom stereocenters. The lowest BCUT2D eigenvalue weighted by molar-refractivity contribution is 0.372. The summed E-state index contributed by atoms with van der Waals surface area (Å²) in [7, 11) is 3.12. The van der Waals surface area contributed by atoms with Gasteiger partial charge < -0.3 is 9.47 Å². The molecule has 0 atom stereocenters. The molecule has 1 aromatic carbocycles. The van der Waals surface area contributed by atoms with E-state index in [0.29, 0.717) is 17.6 Å². The van der Waals surface area contributed by atoms with Crippen molar-refractivity contribution in [2.75, 3.05) is 14.2 Å². The smallest absolute Gasteiger partial charge is 0.220 e. The van der Waals surface area contributed by atoms with E-state index >= 15 is 0 Å². The predicted octanol–water partition coefficient (Wildman–Crippen LogP) is 2.92. The quantitative estimate of drug-likeness (QED) is 0.873. The molecule has 0 aliphatic heterocycles. The molecule has 17 heavy (non-hydrogen) atoms. The van der Waals surface area contributed by atoms with Gasteiger partial charge in [-0.2, -0.15) is 9.97 Å². The first-order valence-corrected chi connectivity index (χ1v) is 5.75. The Balaban J connectivity index is 2.50. The summed E-state index contributed by atoms with van der Waals surface area (Å²) in [5, 5.41) is 0. The van der Waals surface area contributed by atoms with Gasteiger partial charge in [0.15, 0.2) is 5.82 Å². The molecule has 0 radical (unpaired) electrons. The molecule has 0 aliphatic carbocycles. The van der Waals surface area contributed by atoms with Crippen molar-refractivity contribution in [3.63, 3.8) is 0 Å². The molecule has 0 spiro atoms. The number of halogens is 1. The fraction of sp³-hybridized carbons (Fsp3) is 0.167. The normalized spacial score (nSPS) is 10.1. The fourth-order valence-electron chi connectivity index (χ4n) is 1.37. The van der Waals surface area contributed by atoms with E-state index in [1.165, 1.54) is 0 Å². The zero-order valence-corrected chi connectivity index (χ0v) is 11.1. The van der Waals surface area contributed by atoms with Gasteiger partial charge in [-0.15, -0.1) is 0 Å². The molecule has 2 aromatic rings. The van der Waals surface area contributed by atoms with Gasteiger partial charge in [0.1, 0.15) is 0 Å². The summed E-state index contributed by atoms with van der Waals surface area (Å²) in [5.41, 5.74) is 0.900. The summed E-state index contributed by atoms with van der Waals surface area (Å²) >= 11 is 3.41. The van der Waals surface area contributed by atoms with Gasteiger partial charge in [-0.3, -0.25) is 0 Å². The van der Waals surface area contributed by atoms with Gasteiger partial charge in [0.25, 0.3) is 0 Å². The average molecular weight is 295 g/mol. The van der Waals surface area contributed by atoms with Gasteiger partial charge in [0.2, 0.25) is 11.8 Å². The van der Waals surface area contributed by atoms with Crippen LogP contribution in [-0.4, -0.2) is 24.2 Å². The van der Waals surface area contributed by atoms with Gasteiger partial charge in [0, 0.05) is 10.0 Å². The molecule has 0 amide bonds. The maximum atomic E-state index is 5.11. The first-order chi connectivity index (χ1) is 8.22. The summed E-state index contributed by atoms with van der Waals surface area (Å²) in [6.45, 7) is 0. The highest BCUT2D eigenvalue weighted by Gasteiger charge is 2.07. The Hall–Kier alpha value is -1.62. The molecule has 88 valence electrons. The van der Waals surface area contributed by atoms with Gasteiger partial charge in [0.05, 0.1) is 20.3 Å². The zero-order chi connectivity index (χ0) is 12.3. The Morgan fingerprint density at radius 1 is 1.00 bits per heavy atom. The molecule has 0 saturated carbocycles. The van der Waals surface area contributed by atoms with E-state index < -0.39 is 0 Å². The maximum absolute atomic E-state index is 5.11. The Morgan fingerprint density at radius 2 is 1.65 bits per heavy atom. The molecule has 0 fully saturated rings. The monoisotopic (exact) mass is 294 g/mol. The molecule has 1 heterocycles. The third-order valence-electron chi connectivity index (χ3n) is 2.18. The summed E-state index contributed by atoms with van der Waals surface area (Å²) < 4.78 is 11.2. The van der Waals surface area contributed by atoms with Gasteiger partial charge in [-0.1, -0.05) is 28.1 Å². The lowest BCUT2D eigenvalue weighted by atomic mass is 10.2. The van der Waals surface area contributed by atoms with E-state index in [1.807, 2.05) is 24.3 Å². The first-order valence-electron chi connectivity index (χ1n) is 4.96. The van der Waals surface area contributed by atoms with Crippen LogP contribution >= 0.6 is 15.9 Å². The lowest BCUT2D eigenvalue weighted by Gasteiger charge is -2.06. The summed E-state index contributed by atoms with van der Waals surface area (Å²) in [6.07, 6.45) is 0. The summed E-state index contributed by atoms with van der Waals surface area (Å²) in [4.78, 5) is 8.55. The minimum absolute atomic E-state index is 0.479. The average Bonchev–Trinajstić information content (AvgIpc) is 2.38. The second-order valence-electron chi connectivity index (χ2n) is 3.29. The Labute approximate surface area is 108 Å². The molecule has 5 heteroatoms. The largest absolute Gasteiger partial charge is 0.481 e. The van der Waals surface area contributed by atoms with E-state index in [4.69, 9.17) is 9.47 Å². The maximum Gasteiger partial charge on any atom is 0.220 e. The summed E-state index contributed by atoms with van der Waals surface area (Å²) in [5.74, 6) is 1.53. The number of hydrogen-bond donors (Lipinski definition) is 0. The van der Waals surface area contributed by atoms with Crippen LogP contribution in [0.2, 0.25) is 0 Å². The molecule has 0 saturated heterocycles. The molecule has 0 N–H and O–H groups in total. The van der Waals surface area contributed by atoms with Crippen molar-refractivity contribution < 1.29 is 9.47 Å². The SMILES string of the molecule is COc1cc(OC)nc(-c2cccc(Br)c2)n1. The number of hydrogen-bond acceptors (Lipinski definition) is 4. The van der Waals surface area contributed by atoms with Crippen LogP contribution in [0.4, 0.5) is 0 Å². The van der Waals surface area contributed by atoms with Crippen molar-refractivity contribution in [2.24, 2.45) is 0 Å². The highest BCUT2D eigenvalue weighted by Crippen LogP contribution is 2.24. The van der Waals surface area contributed by atoms with Crippen LogP contribution in [0.15, 0.2) is 34.8 Å². The molecule has 0 bridgehead atoms. The standard InChI is InChI=1S/C12H11BrN2O2/c1-16-10-7-11(17-2)15-12(14-10)8-4-3-5-9(13)6-8/h3-7H,1-2H3. The van der Waals surface area contributed by atoms with Crippen LogP contribution in [0.25, 0.3) is 11.4 Å². The van der Waals surface area contributed by atoms with Crippen molar-refractivity contribution in [2.45, 2.75) is 0 Å². The molecular formula is C12H11BrN2O2. The number of aromatic nitrogens is 2. The number of nitrogens with zero attached hydrogens (tertiary/aromatic N) is 2. The predicted molar refractivity (Wildman–Crippen MR) is 68.3 cm³/mol. The fourth-order valence-corrected chi connectivity index (χ4v) is 1.77. The number of ether oxygens (including phenoxy) is 2. The van der Waals surface area contributed by atoms with Crippen molar-refractivity contribution >= 4 is 15.9 Å². The van der Waals surface area contributed by atoms with E-state index in [-0.39, 0.29) is 0 Å². The van der Waals surface area contributed by atoms with Crippen LogP contribution in [0.5, 0.6) is 11.8 Å². The highest BCUT2D eigenvalue weighted by molar-refractivity contribution is 9.10. The van der Waals surface area contributed by atoms with Crippen molar-refractivity contribution in [1.29, 1.82) is 0 Å². The lowest BCUT2D eigenvalue weighted by Crippen LogP contribution is -1.97. The van der Waals surface area contributed by atoms with Crippen molar-refractivity contribution in [1.82, 2.24) is 9.97 Å². The van der Waals surface area contributed by atoms with Crippen molar-refractivity contribution in [3.8, 4) is 23.1 Å². The molecule has 1 aromatic heterocycles. The Kier molecular flexibility index (Phi) is 3.58. The van der Waals surface area contributed by atoms with E-state index in [2.05, 4.69) is 25.9 Å². The second-order valence-corrected chi connectivity index (χ2v) is 4.20. The van der Waals surface area contributed by atoms with Crippen LogP contribution in [0, 0.1) is 0 Å². The number of methoxy groups -OCH3 is 2. The molecule has 4 nitrogen and oxygen atoms in total. The van der Waals surface area contributed by atoms with Crippen LogP contribution in [-0.2, 0) is 0 Å². The van der Waals surface area contributed by atoms with Gasteiger partial charge in [-0.05, 0) is 12.1 Å². The first kappa shape index (κ1) is 11.9. The molecule has 2 rings (SSSR count). The highest BCUT2D eigenvalue weighted by atomic mass is 79.9. The van der Waals surface area contributed by atoms with Crippen LogP contribution in [0.1, 0.15) is 0 Å². The second kappa shape index (κ2) is 5.14. The van der Waals surface area contributed by atoms with E-state index in [1.54, 1.807) is 20.3 Å². The number of rotatable bonds is 3. The third kappa shape index (κ3) is 2.74. The van der Waals surface area contributed by atoms with E-state index in [9.17, 15) is 0 Å². The van der Waals surface area contributed by atoms with Crippen molar-refractivity contribution in [3.05, 3.63) is 34.8 Å². The minimum Gasteiger partial charge on any atom is -0.481 e. The topological polar surface area (TPSA) is 44.2 Å². The molecular weight excluding hydrogens is 284 g/mol. The van der Waals surface area contributed by atoms with Crippen LogP contribution < -0.4 is 9.47 Å².